The molecule has 0 saturated heterocycles. The maximum absolute atomic E-state index is 13.1. The summed E-state index contributed by atoms with van der Waals surface area (Å²) in [7, 11) is 0. The number of halogens is 1. The smallest absolute Gasteiger partial charge is 0.244 e. The van der Waals surface area contributed by atoms with Crippen LogP contribution < -0.4 is 5.32 Å². The van der Waals surface area contributed by atoms with Crippen molar-refractivity contribution in [1.82, 2.24) is 20.7 Å². The molecule has 2 atom stereocenters. The van der Waals surface area contributed by atoms with Crippen LogP contribution in [-0.2, 0) is 6.42 Å². The van der Waals surface area contributed by atoms with E-state index in [4.69, 9.17) is 8.94 Å². The summed E-state index contributed by atoms with van der Waals surface area (Å²) in [5.74, 6) is 1.40. The lowest BCUT2D eigenvalue weighted by Crippen LogP contribution is -2.43. The van der Waals surface area contributed by atoms with Gasteiger partial charge in [0.05, 0.1) is 4.88 Å². The molecule has 27 heavy (non-hydrogen) atoms. The van der Waals surface area contributed by atoms with Crippen LogP contribution in [0.1, 0.15) is 49.6 Å². The first-order valence-corrected chi connectivity index (χ1v) is 9.46. The Morgan fingerprint density at radius 3 is 2.81 bits per heavy atom. The molecular formula is C17H19FN4O4S. The van der Waals surface area contributed by atoms with Gasteiger partial charge in [-0.1, -0.05) is 5.16 Å². The van der Waals surface area contributed by atoms with Crippen LogP contribution in [0.5, 0.6) is 0 Å². The van der Waals surface area contributed by atoms with Crippen LogP contribution in [0.2, 0.25) is 0 Å². The fourth-order valence-corrected chi connectivity index (χ4v) is 3.78. The Hall–Kier alpha value is -2.14. The third kappa shape index (κ3) is 4.08. The van der Waals surface area contributed by atoms with E-state index in [2.05, 4.69) is 20.7 Å². The minimum atomic E-state index is -0.979. The number of thiophene rings is 1. The summed E-state index contributed by atoms with van der Waals surface area (Å²) < 4.78 is 23.7. The van der Waals surface area contributed by atoms with Crippen molar-refractivity contribution in [3.05, 3.63) is 40.9 Å². The molecule has 0 aromatic carbocycles. The molecule has 144 valence electrons. The lowest BCUT2D eigenvalue weighted by atomic mass is 9.78. The normalized spacial score (nSPS) is 21.8. The summed E-state index contributed by atoms with van der Waals surface area (Å²) in [6.07, 6.45) is 0.591. The van der Waals surface area contributed by atoms with Crippen molar-refractivity contribution in [3.63, 3.8) is 0 Å². The number of hydrogen-bond donors (Lipinski definition) is 3. The first-order chi connectivity index (χ1) is 13.0. The third-order valence-corrected chi connectivity index (χ3v) is 5.45. The van der Waals surface area contributed by atoms with Gasteiger partial charge in [-0.05, 0) is 37.8 Å². The van der Waals surface area contributed by atoms with Gasteiger partial charge in [0.1, 0.15) is 11.8 Å². The number of nitrogens with one attached hydrogen (secondary N) is 1. The summed E-state index contributed by atoms with van der Waals surface area (Å²) in [4.78, 5) is 0.648. The molecular weight excluding hydrogens is 375 g/mol. The molecule has 1 aliphatic rings. The van der Waals surface area contributed by atoms with Crippen LogP contribution in [0.15, 0.2) is 27.1 Å². The van der Waals surface area contributed by atoms with E-state index in [1.54, 1.807) is 19.1 Å². The van der Waals surface area contributed by atoms with Crippen molar-refractivity contribution in [2.24, 2.45) is 5.92 Å². The molecule has 4 rings (SSSR count). The summed E-state index contributed by atoms with van der Waals surface area (Å²) in [5, 5.41) is 34.1. The zero-order valence-corrected chi connectivity index (χ0v) is 15.3. The molecule has 10 heteroatoms. The minimum Gasteiger partial charge on any atom is -0.422 e. The topological polar surface area (TPSA) is 117 Å². The molecule has 1 unspecified atom stereocenters. The summed E-state index contributed by atoms with van der Waals surface area (Å²) in [5.41, 5.74) is 0.497. The Bertz CT molecular complexity index is 902. The van der Waals surface area contributed by atoms with Gasteiger partial charge in [0.2, 0.25) is 11.8 Å². The highest BCUT2D eigenvalue weighted by atomic mass is 32.1. The first-order valence-electron chi connectivity index (χ1n) is 8.64. The molecule has 0 spiro atoms. The third-order valence-electron chi connectivity index (χ3n) is 4.56. The highest BCUT2D eigenvalue weighted by molar-refractivity contribution is 7.13. The van der Waals surface area contributed by atoms with Crippen LogP contribution >= 0.6 is 11.3 Å². The maximum atomic E-state index is 13.1. The highest BCUT2D eigenvalue weighted by Crippen LogP contribution is 2.33. The SMILES string of the molecule is C[C@@H](O)c1nnc(CC2CC(NC(O)c3cc(-c4ccc(F)s4)no3)C2)o1. The van der Waals surface area contributed by atoms with Crippen molar-refractivity contribution in [1.29, 1.82) is 0 Å². The number of hydrogen-bond acceptors (Lipinski definition) is 9. The van der Waals surface area contributed by atoms with Gasteiger partial charge in [-0.3, -0.25) is 5.32 Å². The summed E-state index contributed by atoms with van der Waals surface area (Å²) in [6.45, 7) is 1.58. The van der Waals surface area contributed by atoms with Gasteiger partial charge >= 0.3 is 0 Å². The lowest BCUT2D eigenvalue weighted by Gasteiger charge is -2.36. The Morgan fingerprint density at radius 1 is 1.33 bits per heavy atom. The van der Waals surface area contributed by atoms with E-state index >= 15 is 0 Å². The Kier molecular flexibility index (Phi) is 5.04. The Morgan fingerprint density at radius 2 is 2.15 bits per heavy atom. The van der Waals surface area contributed by atoms with Gasteiger partial charge in [-0.25, -0.2) is 0 Å². The van der Waals surface area contributed by atoms with Gasteiger partial charge in [0, 0.05) is 18.5 Å². The molecule has 3 heterocycles. The zero-order valence-electron chi connectivity index (χ0n) is 14.5. The molecule has 3 aromatic heterocycles. The molecule has 3 aromatic rings. The van der Waals surface area contributed by atoms with Crippen LogP contribution in [0.3, 0.4) is 0 Å². The largest absolute Gasteiger partial charge is 0.422 e. The molecule has 0 aliphatic heterocycles. The van der Waals surface area contributed by atoms with Crippen molar-refractivity contribution in [2.75, 3.05) is 0 Å². The summed E-state index contributed by atoms with van der Waals surface area (Å²) in [6, 6.07) is 4.73. The zero-order chi connectivity index (χ0) is 19.0. The molecule has 0 bridgehead atoms. The van der Waals surface area contributed by atoms with E-state index in [0.29, 0.717) is 34.6 Å². The van der Waals surface area contributed by atoms with Gasteiger partial charge in [0.15, 0.2) is 17.1 Å². The van der Waals surface area contributed by atoms with Crippen LogP contribution in [0, 0.1) is 11.0 Å². The van der Waals surface area contributed by atoms with Gasteiger partial charge in [-0.15, -0.1) is 21.5 Å². The lowest BCUT2D eigenvalue weighted by molar-refractivity contribution is 0.0614. The van der Waals surface area contributed by atoms with Crippen molar-refractivity contribution >= 4 is 11.3 Å². The average Bonchev–Trinajstić information content (AvgIpc) is 3.32. The summed E-state index contributed by atoms with van der Waals surface area (Å²) >= 11 is 0.973. The van der Waals surface area contributed by atoms with E-state index in [1.165, 1.54) is 6.07 Å². The van der Waals surface area contributed by atoms with Gasteiger partial charge in [-0.2, -0.15) is 4.39 Å². The number of aliphatic hydroxyl groups is 2. The first kappa shape index (κ1) is 18.2. The van der Waals surface area contributed by atoms with E-state index in [-0.39, 0.29) is 17.1 Å². The second-order valence-corrected chi connectivity index (χ2v) is 7.77. The second-order valence-electron chi connectivity index (χ2n) is 6.74. The average molecular weight is 394 g/mol. The van der Waals surface area contributed by atoms with Crippen LogP contribution in [-0.4, -0.2) is 31.6 Å². The highest BCUT2D eigenvalue weighted by Gasteiger charge is 2.33. The molecule has 1 fully saturated rings. The van der Waals surface area contributed by atoms with E-state index < -0.39 is 12.3 Å². The fourth-order valence-electron chi connectivity index (χ4n) is 3.09. The molecule has 8 nitrogen and oxygen atoms in total. The van der Waals surface area contributed by atoms with Gasteiger partial charge < -0.3 is 19.2 Å². The predicted octanol–water partition coefficient (Wildman–Crippen LogP) is 2.58. The molecule has 1 aliphatic carbocycles. The number of aliphatic hydroxyl groups excluding tert-OH is 2. The quantitative estimate of drug-likeness (QED) is 0.524. The molecule has 0 radical (unpaired) electrons. The molecule has 3 N–H and O–H groups in total. The van der Waals surface area contributed by atoms with Crippen molar-refractivity contribution in [2.45, 2.75) is 44.6 Å². The van der Waals surface area contributed by atoms with E-state index in [0.717, 1.165) is 24.2 Å². The maximum Gasteiger partial charge on any atom is 0.244 e. The second kappa shape index (κ2) is 7.47. The van der Waals surface area contributed by atoms with Gasteiger partial charge in [0.25, 0.3) is 0 Å². The monoisotopic (exact) mass is 394 g/mol. The van der Waals surface area contributed by atoms with Crippen LogP contribution in [0.25, 0.3) is 10.6 Å². The van der Waals surface area contributed by atoms with E-state index in [9.17, 15) is 14.6 Å². The number of aromatic nitrogens is 3. The molecule has 1 saturated carbocycles. The number of nitrogens with zero attached hydrogens (tertiary/aromatic N) is 3. The van der Waals surface area contributed by atoms with E-state index in [1.807, 2.05) is 0 Å². The van der Waals surface area contributed by atoms with Crippen LogP contribution in [0.4, 0.5) is 4.39 Å². The van der Waals surface area contributed by atoms with Crippen molar-refractivity contribution < 1.29 is 23.5 Å². The fraction of sp³-hybridized carbons (Fsp3) is 0.471. The predicted molar refractivity (Wildman–Crippen MR) is 93.0 cm³/mol. The Balaban J connectivity index is 1.26. The Labute approximate surface area is 158 Å². The molecule has 0 amide bonds. The van der Waals surface area contributed by atoms with Crippen molar-refractivity contribution in [3.8, 4) is 10.6 Å². The standard InChI is InChI=1S/C17H19FN4O4S/c1-8(23)17-21-20-15(25-17)6-9-4-10(5-9)19-16(24)12-7-11(22-26-12)13-2-3-14(18)27-13/h2-3,7-10,16,19,23-24H,4-6H2,1H3/t8-,9?,10?,16?/m1/s1. The number of rotatable bonds is 7. The minimum absolute atomic E-state index is 0.136.